The number of benzene rings is 2. The summed E-state index contributed by atoms with van der Waals surface area (Å²) in [5.74, 6) is 0.232. The first-order valence-electron chi connectivity index (χ1n) is 12.3. The number of halogens is 1. The smallest absolute Gasteiger partial charge is 0.248 e. The zero-order valence-electron chi connectivity index (χ0n) is 22.2. The number of anilines is 2. The molecule has 1 unspecified atom stereocenters. The predicted molar refractivity (Wildman–Crippen MR) is 146 cm³/mol. The van der Waals surface area contributed by atoms with Crippen LogP contribution in [0.5, 0.6) is 5.75 Å². The Bertz CT molecular complexity index is 1270. The lowest BCUT2D eigenvalue weighted by molar-refractivity contribution is -0.128. The molecule has 0 saturated heterocycles. The first-order valence-corrected chi connectivity index (χ1v) is 12.7. The van der Waals surface area contributed by atoms with Crippen molar-refractivity contribution in [2.24, 2.45) is 0 Å². The number of carbonyl (C=O) groups excluding carboxylic acids is 3. The van der Waals surface area contributed by atoms with Gasteiger partial charge in [0.15, 0.2) is 5.82 Å². The molecule has 0 radical (unpaired) electrons. The van der Waals surface area contributed by atoms with E-state index in [4.69, 9.17) is 20.9 Å². The van der Waals surface area contributed by atoms with Crippen molar-refractivity contribution in [1.29, 1.82) is 0 Å². The third-order valence-corrected chi connectivity index (χ3v) is 6.34. The minimum Gasteiger partial charge on any atom is -0.497 e. The molecule has 1 heterocycles. The first kappa shape index (κ1) is 28.7. The Hall–Kier alpha value is -3.85. The highest BCUT2D eigenvalue weighted by molar-refractivity contribution is 6.31. The summed E-state index contributed by atoms with van der Waals surface area (Å²) >= 11 is 6.28. The Morgan fingerprint density at radius 2 is 1.82 bits per heavy atom. The Balaban J connectivity index is 1.97. The lowest BCUT2D eigenvalue weighted by Gasteiger charge is -2.34. The van der Waals surface area contributed by atoms with Gasteiger partial charge in [0.2, 0.25) is 17.7 Å². The van der Waals surface area contributed by atoms with E-state index in [0.29, 0.717) is 34.2 Å². The van der Waals surface area contributed by atoms with Crippen molar-refractivity contribution in [1.82, 2.24) is 10.5 Å². The summed E-state index contributed by atoms with van der Waals surface area (Å²) < 4.78 is 10.2. The summed E-state index contributed by atoms with van der Waals surface area (Å²) in [4.78, 5) is 41.5. The maximum Gasteiger partial charge on any atom is 0.248 e. The van der Waals surface area contributed by atoms with E-state index in [2.05, 4.69) is 15.8 Å². The SMILES string of the molecule is CCC(C)(C)NC(=O)C(c1ccc(OC)cc1)N(C(=O)CCC(=O)Nc1cc(C)on1)c1cccc(Cl)c1. The summed E-state index contributed by atoms with van der Waals surface area (Å²) in [6.07, 6.45) is 0.395. The van der Waals surface area contributed by atoms with Crippen LogP contribution >= 0.6 is 11.6 Å². The topological polar surface area (TPSA) is 114 Å². The molecule has 1 atom stereocenters. The fourth-order valence-corrected chi connectivity index (χ4v) is 3.91. The molecule has 0 aliphatic rings. The van der Waals surface area contributed by atoms with E-state index in [1.165, 1.54) is 4.90 Å². The van der Waals surface area contributed by atoms with E-state index < -0.39 is 23.4 Å². The first-order chi connectivity index (χ1) is 18.0. The van der Waals surface area contributed by atoms with Gasteiger partial charge in [0.25, 0.3) is 0 Å². The number of rotatable bonds is 11. The zero-order valence-corrected chi connectivity index (χ0v) is 23.0. The van der Waals surface area contributed by atoms with Crippen LogP contribution in [0.4, 0.5) is 11.5 Å². The predicted octanol–water partition coefficient (Wildman–Crippen LogP) is 5.44. The molecule has 9 nitrogen and oxygen atoms in total. The summed E-state index contributed by atoms with van der Waals surface area (Å²) in [6, 6.07) is 14.2. The quantitative estimate of drug-likeness (QED) is 0.334. The Labute approximate surface area is 227 Å². The fourth-order valence-electron chi connectivity index (χ4n) is 3.73. The molecule has 0 spiro atoms. The van der Waals surface area contributed by atoms with Crippen LogP contribution in [-0.4, -0.2) is 35.5 Å². The molecule has 3 aromatic rings. The molecular formula is C28H33ClN4O5. The van der Waals surface area contributed by atoms with Gasteiger partial charge in [-0.3, -0.25) is 19.3 Å². The largest absolute Gasteiger partial charge is 0.497 e. The molecule has 0 aliphatic heterocycles. The highest BCUT2D eigenvalue weighted by Gasteiger charge is 2.35. The van der Waals surface area contributed by atoms with Gasteiger partial charge < -0.3 is 19.9 Å². The van der Waals surface area contributed by atoms with Crippen molar-refractivity contribution in [3.05, 3.63) is 70.9 Å². The van der Waals surface area contributed by atoms with Gasteiger partial charge in [0, 0.05) is 35.2 Å². The van der Waals surface area contributed by atoms with Crippen LogP contribution in [0.2, 0.25) is 5.02 Å². The highest BCUT2D eigenvalue weighted by atomic mass is 35.5. The van der Waals surface area contributed by atoms with Gasteiger partial charge in [-0.25, -0.2) is 0 Å². The number of methoxy groups -OCH3 is 1. The zero-order chi connectivity index (χ0) is 27.9. The van der Waals surface area contributed by atoms with Crippen molar-refractivity contribution in [2.45, 2.75) is 58.5 Å². The molecule has 0 aliphatic carbocycles. The van der Waals surface area contributed by atoms with Crippen LogP contribution in [0, 0.1) is 6.92 Å². The van der Waals surface area contributed by atoms with Gasteiger partial charge in [0.1, 0.15) is 17.6 Å². The molecule has 0 saturated carbocycles. The number of amides is 3. The van der Waals surface area contributed by atoms with E-state index in [1.807, 2.05) is 20.8 Å². The van der Waals surface area contributed by atoms with E-state index in [0.717, 1.165) is 0 Å². The Kier molecular flexibility index (Phi) is 9.52. The minimum absolute atomic E-state index is 0.126. The number of nitrogens with one attached hydrogen (secondary N) is 2. The summed E-state index contributed by atoms with van der Waals surface area (Å²) in [6.45, 7) is 7.51. The second kappa shape index (κ2) is 12.6. The van der Waals surface area contributed by atoms with Crippen LogP contribution in [0.15, 0.2) is 59.1 Å². The molecule has 38 heavy (non-hydrogen) atoms. The standard InChI is InChI=1S/C28H33ClN4O5/c1-6-28(3,4)31-27(36)26(19-10-12-22(37-5)13-11-19)33(21-9-7-8-20(29)17-21)25(35)15-14-24(34)30-23-16-18(2)38-32-23/h7-13,16-17,26H,6,14-15H2,1-5H3,(H,31,36)(H,30,32,34). The molecule has 3 rings (SSSR count). The van der Waals surface area contributed by atoms with Gasteiger partial charge in [-0.05, 0) is 63.1 Å². The molecule has 0 bridgehead atoms. The third kappa shape index (κ3) is 7.58. The van der Waals surface area contributed by atoms with Crippen molar-refractivity contribution in [2.75, 3.05) is 17.3 Å². The average Bonchev–Trinajstić information content (AvgIpc) is 3.29. The van der Waals surface area contributed by atoms with Crippen LogP contribution in [0.3, 0.4) is 0 Å². The van der Waals surface area contributed by atoms with Crippen molar-refractivity contribution in [3.8, 4) is 5.75 Å². The van der Waals surface area contributed by atoms with E-state index in [9.17, 15) is 14.4 Å². The van der Waals surface area contributed by atoms with Gasteiger partial charge in [-0.2, -0.15) is 0 Å². The van der Waals surface area contributed by atoms with Crippen molar-refractivity contribution < 1.29 is 23.6 Å². The van der Waals surface area contributed by atoms with E-state index in [-0.39, 0.29) is 24.6 Å². The molecule has 202 valence electrons. The number of nitrogens with zero attached hydrogens (tertiary/aromatic N) is 2. The monoisotopic (exact) mass is 540 g/mol. The van der Waals surface area contributed by atoms with Gasteiger partial charge >= 0.3 is 0 Å². The molecule has 0 fully saturated rings. The number of aromatic nitrogens is 1. The van der Waals surface area contributed by atoms with Crippen LogP contribution in [-0.2, 0) is 14.4 Å². The lowest BCUT2D eigenvalue weighted by atomic mass is 9.98. The van der Waals surface area contributed by atoms with Gasteiger partial charge in [0.05, 0.1) is 7.11 Å². The van der Waals surface area contributed by atoms with Gasteiger partial charge in [-0.15, -0.1) is 0 Å². The van der Waals surface area contributed by atoms with Crippen molar-refractivity contribution >= 4 is 40.8 Å². The molecule has 3 amide bonds. The second-order valence-electron chi connectivity index (χ2n) is 9.52. The normalized spacial score (nSPS) is 11.9. The Morgan fingerprint density at radius 1 is 1.11 bits per heavy atom. The minimum atomic E-state index is -1.03. The maximum atomic E-state index is 13.8. The van der Waals surface area contributed by atoms with Crippen LogP contribution in [0.1, 0.15) is 57.4 Å². The molecule has 10 heteroatoms. The summed E-state index contributed by atoms with van der Waals surface area (Å²) in [7, 11) is 1.55. The summed E-state index contributed by atoms with van der Waals surface area (Å²) in [5, 5.41) is 9.82. The average molecular weight is 541 g/mol. The number of hydrogen-bond acceptors (Lipinski definition) is 6. The molecule has 2 N–H and O–H groups in total. The lowest BCUT2D eigenvalue weighted by Crippen LogP contribution is -2.50. The van der Waals surface area contributed by atoms with Crippen LogP contribution in [0.25, 0.3) is 0 Å². The Morgan fingerprint density at radius 3 is 2.39 bits per heavy atom. The van der Waals surface area contributed by atoms with E-state index >= 15 is 0 Å². The van der Waals surface area contributed by atoms with Crippen LogP contribution < -0.4 is 20.3 Å². The van der Waals surface area contributed by atoms with Crippen molar-refractivity contribution in [3.63, 3.8) is 0 Å². The molecule has 1 aromatic heterocycles. The number of ether oxygens (including phenoxy) is 1. The highest BCUT2D eigenvalue weighted by Crippen LogP contribution is 2.32. The fraction of sp³-hybridized carbons (Fsp3) is 0.357. The molecule has 2 aromatic carbocycles. The number of carbonyl (C=O) groups is 3. The molecular weight excluding hydrogens is 508 g/mol. The second-order valence-corrected chi connectivity index (χ2v) is 9.95. The number of aryl methyl sites for hydroxylation is 1. The van der Waals surface area contributed by atoms with E-state index in [1.54, 1.807) is 68.6 Å². The summed E-state index contributed by atoms with van der Waals surface area (Å²) in [5.41, 5.74) is 0.492. The third-order valence-electron chi connectivity index (χ3n) is 6.10. The number of hydrogen-bond donors (Lipinski definition) is 2. The maximum absolute atomic E-state index is 13.8. The van der Waals surface area contributed by atoms with Gasteiger partial charge in [-0.1, -0.05) is 41.9 Å².